The van der Waals surface area contributed by atoms with Crippen LogP contribution in [0.3, 0.4) is 0 Å². The van der Waals surface area contributed by atoms with Gasteiger partial charge in [0.15, 0.2) is 0 Å². The van der Waals surface area contributed by atoms with Crippen LogP contribution in [-0.2, 0) is 11.3 Å². The third-order valence-electron chi connectivity index (χ3n) is 4.91. The summed E-state index contributed by atoms with van der Waals surface area (Å²) in [6.07, 6.45) is 3.74. The molecule has 106 valence electrons. The van der Waals surface area contributed by atoms with E-state index in [-0.39, 0.29) is 5.60 Å². The Morgan fingerprint density at radius 2 is 2.21 bits per heavy atom. The van der Waals surface area contributed by atoms with E-state index in [0.29, 0.717) is 0 Å². The minimum atomic E-state index is 0.223. The zero-order valence-electron chi connectivity index (χ0n) is 12.1. The molecule has 2 aliphatic rings. The van der Waals surface area contributed by atoms with Crippen molar-refractivity contribution in [3.63, 3.8) is 0 Å². The van der Waals surface area contributed by atoms with Crippen molar-refractivity contribution in [2.75, 3.05) is 19.7 Å². The summed E-state index contributed by atoms with van der Waals surface area (Å²) < 4.78 is 6.21. The average molecular weight is 279 g/mol. The Labute approximate surface area is 120 Å². The molecular weight excluding hydrogens is 254 g/mol. The van der Waals surface area contributed by atoms with Gasteiger partial charge in [0, 0.05) is 24.5 Å². The maximum Gasteiger partial charge on any atom is 0.0710 e. The van der Waals surface area contributed by atoms with Gasteiger partial charge in [0.1, 0.15) is 0 Å². The standard InChI is InChI=1S/C16H25NOS/c1-13(2)14-10-16(18-12-14)5-7-17(8-6-16)11-15-4-3-9-19-15/h3-4,9,13-14H,5-8,10-12H2,1-2H3. The van der Waals surface area contributed by atoms with E-state index in [1.54, 1.807) is 0 Å². The first-order chi connectivity index (χ1) is 9.17. The molecule has 1 aromatic rings. The maximum atomic E-state index is 6.21. The molecule has 2 fully saturated rings. The van der Waals surface area contributed by atoms with Crippen molar-refractivity contribution in [2.45, 2.75) is 45.3 Å². The number of piperidine rings is 1. The van der Waals surface area contributed by atoms with Crippen LogP contribution in [0.1, 0.15) is 38.0 Å². The van der Waals surface area contributed by atoms with Crippen molar-refractivity contribution in [1.82, 2.24) is 4.90 Å². The average Bonchev–Trinajstić information content (AvgIpc) is 3.03. The molecule has 0 radical (unpaired) electrons. The molecule has 0 aromatic carbocycles. The third-order valence-corrected chi connectivity index (χ3v) is 5.77. The fraction of sp³-hybridized carbons (Fsp3) is 0.750. The fourth-order valence-electron chi connectivity index (χ4n) is 3.40. The molecule has 3 rings (SSSR count). The van der Waals surface area contributed by atoms with Gasteiger partial charge in [-0.05, 0) is 42.5 Å². The van der Waals surface area contributed by atoms with E-state index in [9.17, 15) is 0 Å². The van der Waals surface area contributed by atoms with Crippen molar-refractivity contribution in [3.8, 4) is 0 Å². The number of ether oxygens (including phenoxy) is 1. The smallest absolute Gasteiger partial charge is 0.0710 e. The minimum absolute atomic E-state index is 0.223. The summed E-state index contributed by atoms with van der Waals surface area (Å²) >= 11 is 1.87. The maximum absolute atomic E-state index is 6.21. The molecule has 0 saturated carbocycles. The predicted octanol–water partition coefficient (Wildman–Crippen LogP) is 3.78. The summed E-state index contributed by atoms with van der Waals surface area (Å²) in [5.41, 5.74) is 0.223. The largest absolute Gasteiger partial charge is 0.375 e. The molecule has 1 spiro atoms. The van der Waals surface area contributed by atoms with Crippen LogP contribution in [-0.4, -0.2) is 30.2 Å². The highest BCUT2D eigenvalue weighted by molar-refractivity contribution is 7.09. The number of hydrogen-bond acceptors (Lipinski definition) is 3. The van der Waals surface area contributed by atoms with Crippen LogP contribution in [0.4, 0.5) is 0 Å². The van der Waals surface area contributed by atoms with Crippen molar-refractivity contribution in [2.24, 2.45) is 11.8 Å². The highest BCUT2D eigenvalue weighted by atomic mass is 32.1. The van der Waals surface area contributed by atoms with Gasteiger partial charge < -0.3 is 4.74 Å². The summed E-state index contributed by atoms with van der Waals surface area (Å²) in [6, 6.07) is 4.40. The Bertz CT molecular complexity index is 393. The lowest BCUT2D eigenvalue weighted by atomic mass is 9.82. The summed E-state index contributed by atoms with van der Waals surface area (Å²) in [5, 5.41) is 2.17. The van der Waals surface area contributed by atoms with Crippen molar-refractivity contribution in [1.29, 1.82) is 0 Å². The second kappa shape index (κ2) is 5.55. The molecule has 2 nitrogen and oxygen atoms in total. The number of thiophene rings is 1. The topological polar surface area (TPSA) is 12.5 Å². The fourth-order valence-corrected chi connectivity index (χ4v) is 4.14. The van der Waals surface area contributed by atoms with Crippen LogP contribution < -0.4 is 0 Å². The molecule has 19 heavy (non-hydrogen) atoms. The Balaban J connectivity index is 1.52. The quantitative estimate of drug-likeness (QED) is 0.835. The van der Waals surface area contributed by atoms with Gasteiger partial charge in [0.25, 0.3) is 0 Å². The first-order valence-corrected chi connectivity index (χ1v) is 8.44. The van der Waals surface area contributed by atoms with Crippen LogP contribution in [0, 0.1) is 11.8 Å². The first kappa shape index (κ1) is 13.6. The molecular formula is C16H25NOS. The van der Waals surface area contributed by atoms with Crippen LogP contribution in [0.15, 0.2) is 17.5 Å². The highest BCUT2D eigenvalue weighted by Gasteiger charge is 2.43. The number of rotatable bonds is 3. The molecule has 0 amide bonds. The molecule has 1 atom stereocenters. The molecule has 0 aliphatic carbocycles. The monoisotopic (exact) mass is 279 g/mol. The molecule has 3 heteroatoms. The Morgan fingerprint density at radius 1 is 1.42 bits per heavy atom. The first-order valence-electron chi connectivity index (χ1n) is 7.56. The molecule has 2 aliphatic heterocycles. The zero-order chi connectivity index (χ0) is 13.3. The van der Waals surface area contributed by atoms with Crippen LogP contribution >= 0.6 is 11.3 Å². The summed E-state index contributed by atoms with van der Waals surface area (Å²) in [5.74, 6) is 1.55. The second-order valence-electron chi connectivity index (χ2n) is 6.56. The lowest BCUT2D eigenvalue weighted by Crippen LogP contribution is -2.43. The molecule has 0 N–H and O–H groups in total. The molecule has 1 unspecified atom stereocenters. The van der Waals surface area contributed by atoms with Crippen LogP contribution in [0.2, 0.25) is 0 Å². The Morgan fingerprint density at radius 3 is 2.79 bits per heavy atom. The van der Waals surface area contributed by atoms with Gasteiger partial charge in [-0.25, -0.2) is 0 Å². The van der Waals surface area contributed by atoms with Gasteiger partial charge in [-0.15, -0.1) is 11.3 Å². The normalized spacial score (nSPS) is 27.4. The lowest BCUT2D eigenvalue weighted by molar-refractivity contribution is -0.0450. The van der Waals surface area contributed by atoms with Crippen LogP contribution in [0.5, 0.6) is 0 Å². The second-order valence-corrected chi connectivity index (χ2v) is 7.59. The summed E-state index contributed by atoms with van der Waals surface area (Å²) in [6.45, 7) is 9.17. The molecule has 1 aromatic heterocycles. The van der Waals surface area contributed by atoms with Crippen molar-refractivity contribution in [3.05, 3.63) is 22.4 Å². The SMILES string of the molecule is CC(C)C1COC2(CCN(Cc3cccs3)CC2)C1. The zero-order valence-corrected chi connectivity index (χ0v) is 12.9. The third kappa shape index (κ3) is 3.04. The number of likely N-dealkylation sites (tertiary alicyclic amines) is 1. The minimum Gasteiger partial charge on any atom is -0.375 e. The van der Waals surface area contributed by atoms with Gasteiger partial charge in [-0.3, -0.25) is 4.90 Å². The van der Waals surface area contributed by atoms with E-state index in [2.05, 4.69) is 36.3 Å². The van der Waals surface area contributed by atoms with E-state index in [1.807, 2.05) is 11.3 Å². The number of hydrogen-bond donors (Lipinski definition) is 0. The van der Waals surface area contributed by atoms with E-state index < -0.39 is 0 Å². The van der Waals surface area contributed by atoms with Gasteiger partial charge in [-0.1, -0.05) is 19.9 Å². The predicted molar refractivity (Wildman–Crippen MR) is 80.5 cm³/mol. The van der Waals surface area contributed by atoms with Crippen molar-refractivity contribution < 1.29 is 4.74 Å². The molecule has 2 saturated heterocycles. The van der Waals surface area contributed by atoms with Gasteiger partial charge in [-0.2, -0.15) is 0 Å². The Kier molecular flexibility index (Phi) is 3.97. The van der Waals surface area contributed by atoms with Crippen LogP contribution in [0.25, 0.3) is 0 Å². The van der Waals surface area contributed by atoms with E-state index in [0.717, 1.165) is 25.0 Å². The van der Waals surface area contributed by atoms with E-state index in [4.69, 9.17) is 4.74 Å². The van der Waals surface area contributed by atoms with Gasteiger partial charge in [0.2, 0.25) is 0 Å². The van der Waals surface area contributed by atoms with E-state index >= 15 is 0 Å². The van der Waals surface area contributed by atoms with Gasteiger partial charge >= 0.3 is 0 Å². The summed E-state index contributed by atoms with van der Waals surface area (Å²) in [4.78, 5) is 4.08. The Hall–Kier alpha value is -0.380. The summed E-state index contributed by atoms with van der Waals surface area (Å²) in [7, 11) is 0. The van der Waals surface area contributed by atoms with Gasteiger partial charge in [0.05, 0.1) is 12.2 Å². The highest BCUT2D eigenvalue weighted by Crippen LogP contribution is 2.41. The molecule has 3 heterocycles. The molecule has 0 bridgehead atoms. The van der Waals surface area contributed by atoms with E-state index in [1.165, 1.54) is 37.2 Å². The number of nitrogens with zero attached hydrogens (tertiary/aromatic N) is 1. The van der Waals surface area contributed by atoms with Crippen molar-refractivity contribution >= 4 is 11.3 Å². The lowest BCUT2D eigenvalue weighted by Gasteiger charge is -2.38.